The highest BCUT2D eigenvalue weighted by atomic mass is 32.2. The van der Waals surface area contributed by atoms with E-state index in [0.717, 1.165) is 24.9 Å². The molecule has 6 nitrogen and oxygen atoms in total. The zero-order valence-electron chi connectivity index (χ0n) is 12.7. The van der Waals surface area contributed by atoms with E-state index in [9.17, 15) is 8.42 Å². The largest absolute Gasteiger partial charge is 0.378 e. The van der Waals surface area contributed by atoms with Gasteiger partial charge < -0.3 is 10.2 Å². The summed E-state index contributed by atoms with van der Waals surface area (Å²) in [6, 6.07) is 5.30. The quantitative estimate of drug-likeness (QED) is 0.816. The van der Waals surface area contributed by atoms with Gasteiger partial charge in [-0.1, -0.05) is 19.8 Å². The van der Waals surface area contributed by atoms with E-state index < -0.39 is 10.0 Å². The van der Waals surface area contributed by atoms with Gasteiger partial charge in [-0.3, -0.25) is 4.99 Å². The van der Waals surface area contributed by atoms with E-state index in [1.54, 1.807) is 12.1 Å². The lowest BCUT2D eigenvalue weighted by Crippen LogP contribution is -2.41. The van der Waals surface area contributed by atoms with Crippen LogP contribution in [0.5, 0.6) is 0 Å². The van der Waals surface area contributed by atoms with Crippen molar-refractivity contribution < 1.29 is 8.42 Å². The van der Waals surface area contributed by atoms with Crippen molar-refractivity contribution in [1.29, 1.82) is 0 Å². The first-order chi connectivity index (χ1) is 9.94. The second-order valence-electron chi connectivity index (χ2n) is 5.24. The summed E-state index contributed by atoms with van der Waals surface area (Å²) in [5, 5.41) is 3.04. The summed E-state index contributed by atoms with van der Waals surface area (Å²) in [5.74, 6) is 0.302. The maximum atomic E-state index is 12.3. The molecule has 1 heterocycles. The number of aliphatic imine (C=N–C) groups is 1. The molecule has 1 aliphatic rings. The third-order valence-electron chi connectivity index (χ3n) is 3.29. The van der Waals surface area contributed by atoms with Crippen molar-refractivity contribution in [2.24, 2.45) is 4.99 Å². The first-order valence-electron chi connectivity index (χ1n) is 7.09. The molecular formula is C14H22N4O2S. The van der Waals surface area contributed by atoms with Gasteiger partial charge in [0.05, 0.1) is 5.69 Å². The second kappa shape index (κ2) is 6.34. The van der Waals surface area contributed by atoms with Crippen LogP contribution in [0.2, 0.25) is 0 Å². The van der Waals surface area contributed by atoms with Crippen molar-refractivity contribution in [3.05, 3.63) is 18.2 Å². The molecule has 1 aromatic rings. The molecule has 0 atom stereocenters. The normalized spacial score (nSPS) is 17.8. The van der Waals surface area contributed by atoms with Crippen LogP contribution in [0.3, 0.4) is 0 Å². The Hall–Kier alpha value is -1.76. The minimum atomic E-state index is -3.56. The molecule has 0 amide bonds. The summed E-state index contributed by atoms with van der Waals surface area (Å²) >= 11 is 0. The van der Waals surface area contributed by atoms with Gasteiger partial charge in [-0.15, -0.1) is 0 Å². The number of hydrogen-bond acceptors (Lipinski definition) is 4. The molecule has 0 saturated carbocycles. The van der Waals surface area contributed by atoms with Crippen LogP contribution in [0.4, 0.5) is 11.4 Å². The fourth-order valence-electron chi connectivity index (χ4n) is 2.07. The second-order valence-corrected chi connectivity index (χ2v) is 6.89. The number of nitrogens with one attached hydrogen (secondary N) is 2. The number of hydrogen-bond donors (Lipinski definition) is 2. The summed E-state index contributed by atoms with van der Waals surface area (Å²) in [4.78, 5) is 6.39. The molecule has 7 heteroatoms. The maximum absolute atomic E-state index is 12.3. The number of sulfonamides is 1. The highest BCUT2D eigenvalue weighted by Gasteiger charge is 2.26. The molecule has 0 spiro atoms. The molecule has 0 fully saturated rings. The number of rotatable bonds is 5. The van der Waals surface area contributed by atoms with Gasteiger partial charge in [0, 0.05) is 26.3 Å². The lowest BCUT2D eigenvalue weighted by atomic mass is 10.2. The number of nitrogens with zero attached hydrogens (tertiary/aromatic N) is 2. The van der Waals surface area contributed by atoms with Crippen molar-refractivity contribution in [2.45, 2.75) is 31.1 Å². The predicted octanol–water partition coefficient (Wildman–Crippen LogP) is 2.00. The van der Waals surface area contributed by atoms with Crippen LogP contribution in [0.1, 0.15) is 26.2 Å². The van der Waals surface area contributed by atoms with Gasteiger partial charge in [0.25, 0.3) is 10.0 Å². The van der Waals surface area contributed by atoms with E-state index >= 15 is 0 Å². The summed E-state index contributed by atoms with van der Waals surface area (Å²) in [6.45, 7) is 2.73. The van der Waals surface area contributed by atoms with Crippen LogP contribution in [-0.4, -0.2) is 35.0 Å². The SMILES string of the molecule is CCCCCN=C1Nc2ccc(N(C)C)cc2S(=O)(=O)N1. The van der Waals surface area contributed by atoms with E-state index in [-0.39, 0.29) is 4.90 Å². The van der Waals surface area contributed by atoms with Crippen LogP contribution in [-0.2, 0) is 10.0 Å². The fraction of sp³-hybridized carbons (Fsp3) is 0.500. The molecule has 0 saturated heterocycles. The summed E-state index contributed by atoms with van der Waals surface area (Å²) < 4.78 is 27.1. The Labute approximate surface area is 126 Å². The van der Waals surface area contributed by atoms with Crippen molar-refractivity contribution >= 4 is 27.4 Å². The van der Waals surface area contributed by atoms with Gasteiger partial charge >= 0.3 is 0 Å². The number of benzene rings is 1. The van der Waals surface area contributed by atoms with Crippen LogP contribution in [0.15, 0.2) is 28.1 Å². The first-order valence-corrected chi connectivity index (χ1v) is 8.58. The molecule has 1 aliphatic heterocycles. The summed E-state index contributed by atoms with van der Waals surface area (Å²) in [5.41, 5.74) is 1.40. The lowest BCUT2D eigenvalue weighted by molar-refractivity contribution is 0.591. The standard InChI is InChI=1S/C14H22N4O2S/c1-4-5-6-9-15-14-16-12-8-7-11(18(2)3)10-13(12)21(19,20)17-14/h7-8,10H,4-6,9H2,1-3H3,(H2,15,16,17). The lowest BCUT2D eigenvalue weighted by Gasteiger charge is -2.23. The van der Waals surface area contributed by atoms with Crippen molar-refractivity contribution in [2.75, 3.05) is 30.9 Å². The van der Waals surface area contributed by atoms with E-state index in [4.69, 9.17) is 0 Å². The third-order valence-corrected chi connectivity index (χ3v) is 4.67. The summed E-state index contributed by atoms with van der Waals surface area (Å²) in [7, 11) is 0.187. The Balaban J connectivity index is 2.25. The third kappa shape index (κ3) is 3.66. The molecule has 116 valence electrons. The molecule has 0 bridgehead atoms. The number of anilines is 2. The molecule has 21 heavy (non-hydrogen) atoms. The van der Waals surface area contributed by atoms with Crippen LogP contribution >= 0.6 is 0 Å². The first kappa shape index (κ1) is 15.6. The van der Waals surface area contributed by atoms with Crippen LogP contribution < -0.4 is 14.9 Å². The van der Waals surface area contributed by atoms with Crippen molar-refractivity contribution in [3.63, 3.8) is 0 Å². The smallest absolute Gasteiger partial charge is 0.266 e. The van der Waals surface area contributed by atoms with E-state index in [1.165, 1.54) is 0 Å². The number of fused-ring (bicyclic) bond motifs is 1. The molecule has 1 aromatic carbocycles. The zero-order valence-corrected chi connectivity index (χ0v) is 13.5. The van der Waals surface area contributed by atoms with Gasteiger partial charge in [-0.25, -0.2) is 13.1 Å². The molecule has 0 aromatic heterocycles. The van der Waals surface area contributed by atoms with Gasteiger partial charge in [-0.2, -0.15) is 0 Å². The molecular weight excluding hydrogens is 288 g/mol. The van der Waals surface area contributed by atoms with E-state index in [0.29, 0.717) is 18.2 Å². The van der Waals surface area contributed by atoms with Crippen molar-refractivity contribution in [3.8, 4) is 0 Å². The average Bonchev–Trinajstić information content (AvgIpc) is 2.42. The Bertz CT molecular complexity index is 638. The van der Waals surface area contributed by atoms with E-state index in [2.05, 4.69) is 22.0 Å². The number of unbranched alkanes of at least 4 members (excludes halogenated alkanes) is 2. The predicted molar refractivity (Wildman–Crippen MR) is 86.5 cm³/mol. The Morgan fingerprint density at radius 1 is 1.24 bits per heavy atom. The van der Waals surface area contributed by atoms with Gasteiger partial charge in [0.1, 0.15) is 4.90 Å². The maximum Gasteiger partial charge on any atom is 0.266 e. The molecule has 0 aliphatic carbocycles. The molecule has 2 N–H and O–H groups in total. The topological polar surface area (TPSA) is 73.8 Å². The minimum absolute atomic E-state index is 0.251. The van der Waals surface area contributed by atoms with Gasteiger partial charge in [-0.05, 0) is 24.6 Å². The molecule has 0 radical (unpaired) electrons. The monoisotopic (exact) mass is 310 g/mol. The average molecular weight is 310 g/mol. The Kier molecular flexibility index (Phi) is 4.72. The van der Waals surface area contributed by atoms with Crippen LogP contribution in [0, 0.1) is 0 Å². The minimum Gasteiger partial charge on any atom is -0.378 e. The molecule has 2 rings (SSSR count). The number of guanidine groups is 1. The van der Waals surface area contributed by atoms with Gasteiger partial charge in [0.2, 0.25) is 5.96 Å². The van der Waals surface area contributed by atoms with Gasteiger partial charge in [0.15, 0.2) is 0 Å². The van der Waals surface area contributed by atoms with E-state index in [1.807, 2.05) is 25.1 Å². The van der Waals surface area contributed by atoms with Crippen LogP contribution in [0.25, 0.3) is 0 Å². The fourth-order valence-corrected chi connectivity index (χ4v) is 3.24. The van der Waals surface area contributed by atoms with Crippen molar-refractivity contribution in [1.82, 2.24) is 4.72 Å². The highest BCUT2D eigenvalue weighted by molar-refractivity contribution is 7.90. The Morgan fingerprint density at radius 2 is 2.00 bits per heavy atom. The zero-order chi connectivity index (χ0) is 15.5. The molecule has 0 unspecified atom stereocenters. The summed E-state index contributed by atoms with van der Waals surface area (Å²) in [6.07, 6.45) is 3.16. The Morgan fingerprint density at radius 3 is 2.67 bits per heavy atom. The highest BCUT2D eigenvalue weighted by Crippen LogP contribution is 2.28.